The van der Waals surface area contributed by atoms with Gasteiger partial charge in [-0.2, -0.15) is 0 Å². The van der Waals surface area contributed by atoms with Crippen molar-refractivity contribution in [3.63, 3.8) is 0 Å². The quantitative estimate of drug-likeness (QED) is 0.844. The van der Waals surface area contributed by atoms with Crippen molar-refractivity contribution in [2.24, 2.45) is 5.14 Å². The van der Waals surface area contributed by atoms with E-state index in [4.69, 9.17) is 5.14 Å². The van der Waals surface area contributed by atoms with Gasteiger partial charge in [-0.3, -0.25) is 0 Å². The molecule has 2 heterocycles. The lowest BCUT2D eigenvalue weighted by atomic mass is 10.0. The third kappa shape index (κ3) is 2.75. The summed E-state index contributed by atoms with van der Waals surface area (Å²) in [6.45, 7) is 2.08. The highest BCUT2D eigenvalue weighted by atomic mass is 35.5. The molecule has 0 aliphatic carbocycles. The van der Waals surface area contributed by atoms with Crippen LogP contribution in [0.3, 0.4) is 0 Å². The van der Waals surface area contributed by atoms with E-state index in [1.807, 2.05) is 19.0 Å². The Hall–Kier alpha value is -0.190. The molecule has 0 bridgehead atoms. The fraction of sp³-hybridized carbons (Fsp3) is 0.600. The molecule has 1 aromatic heterocycles. The highest BCUT2D eigenvalue weighted by molar-refractivity contribution is 7.96. The van der Waals surface area contributed by atoms with Crippen LogP contribution in [0.15, 0.2) is 14.5 Å². The van der Waals surface area contributed by atoms with Gasteiger partial charge in [-0.25, -0.2) is 22.0 Å². The van der Waals surface area contributed by atoms with Gasteiger partial charge >= 0.3 is 0 Å². The number of primary sulfonamides is 1. The van der Waals surface area contributed by atoms with Crippen LogP contribution in [-0.2, 0) is 26.3 Å². The van der Waals surface area contributed by atoms with Crippen LogP contribution in [0, 0.1) is 0 Å². The van der Waals surface area contributed by atoms with E-state index in [0.717, 1.165) is 11.3 Å². The van der Waals surface area contributed by atoms with Crippen LogP contribution >= 0.6 is 23.7 Å². The summed E-state index contributed by atoms with van der Waals surface area (Å²) >= 11 is 0.746. The first-order valence-corrected chi connectivity index (χ1v) is 9.37. The highest BCUT2D eigenvalue weighted by Gasteiger charge is 2.49. The SMILES string of the molecule is CN(C)C[C@@]1(C)Cc2cc(S(N)(=O)=O)sc2S1(=O)=O.Cl. The van der Waals surface area contributed by atoms with Crippen LogP contribution in [0.1, 0.15) is 12.5 Å². The van der Waals surface area contributed by atoms with Crippen molar-refractivity contribution in [2.45, 2.75) is 26.5 Å². The lowest BCUT2D eigenvalue weighted by molar-refractivity contribution is 0.352. The molecule has 6 nitrogen and oxygen atoms in total. The minimum Gasteiger partial charge on any atom is -0.308 e. The van der Waals surface area contributed by atoms with Gasteiger partial charge in [-0.05, 0) is 39.1 Å². The first-order valence-electron chi connectivity index (χ1n) is 5.52. The van der Waals surface area contributed by atoms with E-state index in [1.165, 1.54) is 6.07 Å². The minimum absolute atomic E-state index is 0. The Morgan fingerprint density at radius 1 is 1.45 bits per heavy atom. The Labute approximate surface area is 129 Å². The molecule has 1 atom stereocenters. The van der Waals surface area contributed by atoms with E-state index in [-0.39, 0.29) is 20.8 Å². The fourth-order valence-corrected chi connectivity index (χ4v) is 7.24. The molecule has 20 heavy (non-hydrogen) atoms. The van der Waals surface area contributed by atoms with Crippen LogP contribution in [0.5, 0.6) is 0 Å². The largest absolute Gasteiger partial charge is 0.308 e. The van der Waals surface area contributed by atoms with Gasteiger partial charge in [-0.15, -0.1) is 23.7 Å². The van der Waals surface area contributed by atoms with Crippen molar-refractivity contribution < 1.29 is 16.8 Å². The van der Waals surface area contributed by atoms with Crippen LogP contribution in [0.2, 0.25) is 0 Å². The molecule has 1 aliphatic rings. The summed E-state index contributed by atoms with van der Waals surface area (Å²) in [6, 6.07) is 1.38. The summed E-state index contributed by atoms with van der Waals surface area (Å²) in [5.74, 6) is 0. The number of fused-ring (bicyclic) bond motifs is 1. The molecule has 0 saturated heterocycles. The molecule has 0 spiro atoms. The number of halogens is 1. The van der Waals surface area contributed by atoms with Gasteiger partial charge in [0.1, 0.15) is 8.42 Å². The second kappa shape index (κ2) is 5.22. The summed E-state index contributed by atoms with van der Waals surface area (Å²) in [5.41, 5.74) is 0.554. The van der Waals surface area contributed by atoms with Crippen molar-refractivity contribution in [2.75, 3.05) is 20.6 Å². The Bertz CT molecular complexity index is 724. The number of nitrogens with two attached hydrogens (primary N) is 1. The zero-order valence-corrected chi connectivity index (χ0v) is 14.5. The molecule has 0 unspecified atom stereocenters. The average molecular weight is 361 g/mol. The number of sulfonamides is 1. The summed E-state index contributed by atoms with van der Waals surface area (Å²) in [6.07, 6.45) is 0.314. The topological polar surface area (TPSA) is 97.5 Å². The summed E-state index contributed by atoms with van der Waals surface area (Å²) in [7, 11) is -3.75. The molecular weight excluding hydrogens is 344 g/mol. The number of rotatable bonds is 3. The molecule has 2 N–H and O–H groups in total. The summed E-state index contributed by atoms with van der Waals surface area (Å²) in [5, 5.41) is 5.03. The van der Waals surface area contributed by atoms with Crippen LogP contribution in [0.4, 0.5) is 0 Å². The second-order valence-corrected chi connectivity index (χ2v) is 10.8. The van der Waals surface area contributed by atoms with Gasteiger partial charge in [0.25, 0.3) is 0 Å². The van der Waals surface area contributed by atoms with Crippen molar-refractivity contribution in [1.82, 2.24) is 4.90 Å². The van der Waals surface area contributed by atoms with Gasteiger partial charge in [0, 0.05) is 6.54 Å². The summed E-state index contributed by atoms with van der Waals surface area (Å²) in [4.78, 5) is 1.81. The zero-order chi connectivity index (χ0) is 14.6. The minimum atomic E-state index is -3.85. The zero-order valence-electron chi connectivity index (χ0n) is 11.3. The van der Waals surface area contributed by atoms with Crippen molar-refractivity contribution in [3.05, 3.63) is 11.6 Å². The average Bonchev–Trinajstić information content (AvgIpc) is 2.65. The van der Waals surface area contributed by atoms with Crippen molar-refractivity contribution in [3.8, 4) is 0 Å². The van der Waals surface area contributed by atoms with Gasteiger partial charge in [-0.1, -0.05) is 0 Å². The molecule has 1 aliphatic heterocycles. The van der Waals surface area contributed by atoms with E-state index < -0.39 is 24.6 Å². The monoisotopic (exact) mass is 360 g/mol. The Balaban J connectivity index is 0.00000200. The maximum Gasteiger partial charge on any atom is 0.247 e. The van der Waals surface area contributed by atoms with E-state index >= 15 is 0 Å². The first kappa shape index (κ1) is 17.9. The molecule has 0 saturated carbocycles. The molecule has 0 amide bonds. The molecular formula is C10H17ClN2O4S3. The molecule has 0 fully saturated rings. The maximum absolute atomic E-state index is 12.5. The van der Waals surface area contributed by atoms with Gasteiger partial charge < -0.3 is 4.90 Å². The number of hydrogen-bond acceptors (Lipinski definition) is 6. The van der Waals surface area contributed by atoms with Crippen molar-refractivity contribution in [1.29, 1.82) is 0 Å². The molecule has 0 aromatic carbocycles. The molecule has 0 radical (unpaired) electrons. The van der Waals surface area contributed by atoms with Gasteiger partial charge in [0.15, 0.2) is 9.84 Å². The van der Waals surface area contributed by atoms with E-state index in [1.54, 1.807) is 6.92 Å². The predicted molar refractivity (Wildman–Crippen MR) is 80.8 cm³/mol. The smallest absolute Gasteiger partial charge is 0.247 e. The number of sulfone groups is 1. The lowest BCUT2D eigenvalue weighted by Crippen LogP contribution is -2.42. The fourth-order valence-electron chi connectivity index (χ4n) is 2.41. The normalized spacial score (nSPS) is 24.4. The maximum atomic E-state index is 12.5. The third-order valence-corrected chi connectivity index (χ3v) is 8.76. The van der Waals surface area contributed by atoms with Gasteiger partial charge in [0.2, 0.25) is 10.0 Å². The predicted octanol–water partition coefficient (Wildman–Crippen LogP) is 0.467. The third-order valence-electron chi connectivity index (χ3n) is 3.14. The molecule has 2 rings (SSSR count). The van der Waals surface area contributed by atoms with E-state index in [0.29, 0.717) is 18.5 Å². The molecule has 10 heteroatoms. The Kier molecular flexibility index (Phi) is 4.66. The van der Waals surface area contributed by atoms with Crippen LogP contribution < -0.4 is 5.14 Å². The Morgan fingerprint density at radius 3 is 2.40 bits per heavy atom. The van der Waals surface area contributed by atoms with Crippen LogP contribution in [-0.4, -0.2) is 47.1 Å². The number of thiophene rings is 1. The first-order chi connectivity index (χ1) is 8.47. The van der Waals surface area contributed by atoms with E-state index in [9.17, 15) is 16.8 Å². The molecule has 116 valence electrons. The Morgan fingerprint density at radius 2 is 2.00 bits per heavy atom. The standard InChI is InChI=1S/C10H16N2O4S3.ClH/c1-10(6-12(2)3)5-7-4-8(19(11,15)16)17-9(7)18(10,13)14;/h4H,5-6H2,1-3H3,(H2,11,15,16);1H/t10-;/m1./s1. The second-order valence-electron chi connectivity index (χ2n) is 5.29. The number of hydrogen-bond donors (Lipinski definition) is 1. The van der Waals surface area contributed by atoms with Crippen molar-refractivity contribution >= 4 is 43.6 Å². The summed E-state index contributed by atoms with van der Waals surface area (Å²) < 4.78 is 46.7. The molecule has 1 aromatic rings. The highest BCUT2D eigenvalue weighted by Crippen LogP contribution is 2.44. The van der Waals surface area contributed by atoms with E-state index in [2.05, 4.69) is 0 Å². The van der Waals surface area contributed by atoms with Crippen LogP contribution in [0.25, 0.3) is 0 Å². The number of nitrogens with zero attached hydrogens (tertiary/aromatic N) is 1. The van der Waals surface area contributed by atoms with Gasteiger partial charge in [0.05, 0.1) is 4.75 Å². The lowest BCUT2D eigenvalue weighted by Gasteiger charge is -2.26.